The number of amides is 1. The molecule has 6 nitrogen and oxygen atoms in total. The summed E-state index contributed by atoms with van der Waals surface area (Å²) in [6.45, 7) is 2.58. The van der Waals surface area contributed by atoms with E-state index in [1.807, 2.05) is 0 Å². The fourth-order valence-corrected chi connectivity index (χ4v) is 2.38. The maximum atomic E-state index is 11.8. The summed E-state index contributed by atoms with van der Waals surface area (Å²) in [6.07, 6.45) is 4.32. The van der Waals surface area contributed by atoms with Crippen molar-refractivity contribution in [3.63, 3.8) is 0 Å². The van der Waals surface area contributed by atoms with Crippen molar-refractivity contribution in [2.45, 2.75) is 45.4 Å². The van der Waals surface area contributed by atoms with Gasteiger partial charge in [0.05, 0.1) is 18.3 Å². The van der Waals surface area contributed by atoms with Gasteiger partial charge in [-0.25, -0.2) is 0 Å². The van der Waals surface area contributed by atoms with E-state index in [9.17, 15) is 15.0 Å². The predicted molar refractivity (Wildman–Crippen MR) is 74.1 cm³/mol. The van der Waals surface area contributed by atoms with E-state index in [-0.39, 0.29) is 24.3 Å². The molecule has 1 amide bonds. The molecule has 0 spiro atoms. The molecular formula is C14H21N3O3. The maximum absolute atomic E-state index is 11.8. The largest absolute Gasteiger partial charge is 0.506 e. The highest BCUT2D eigenvalue weighted by Gasteiger charge is 2.21. The first kappa shape index (κ1) is 14.7. The summed E-state index contributed by atoms with van der Waals surface area (Å²) in [6, 6.07) is -0.253. The molecule has 1 saturated heterocycles. The van der Waals surface area contributed by atoms with Gasteiger partial charge in [-0.1, -0.05) is 0 Å². The Morgan fingerprint density at radius 1 is 1.50 bits per heavy atom. The molecule has 1 aromatic heterocycles. The van der Waals surface area contributed by atoms with Gasteiger partial charge in [-0.15, -0.1) is 0 Å². The van der Waals surface area contributed by atoms with Gasteiger partial charge in [0.1, 0.15) is 5.75 Å². The molecule has 20 heavy (non-hydrogen) atoms. The van der Waals surface area contributed by atoms with Crippen LogP contribution < -0.4 is 10.6 Å². The van der Waals surface area contributed by atoms with Crippen LogP contribution in [0.4, 0.5) is 0 Å². The van der Waals surface area contributed by atoms with Gasteiger partial charge in [-0.3, -0.25) is 9.78 Å². The number of aromatic nitrogens is 1. The molecule has 0 aliphatic carbocycles. The molecule has 110 valence electrons. The van der Waals surface area contributed by atoms with Crippen LogP contribution >= 0.6 is 0 Å². The van der Waals surface area contributed by atoms with Gasteiger partial charge in [0, 0.05) is 30.4 Å². The van der Waals surface area contributed by atoms with E-state index in [0.29, 0.717) is 23.4 Å². The van der Waals surface area contributed by atoms with Gasteiger partial charge in [0.25, 0.3) is 0 Å². The van der Waals surface area contributed by atoms with Gasteiger partial charge < -0.3 is 20.8 Å². The van der Waals surface area contributed by atoms with Crippen molar-refractivity contribution in [2.24, 2.45) is 0 Å². The number of hydrogen-bond acceptors (Lipinski definition) is 5. The Kier molecular flexibility index (Phi) is 4.92. The maximum Gasteiger partial charge on any atom is 0.237 e. The standard InChI is InChI=1S/C14H21N3O3/c1-9-13(19)11(10(8-18)6-16-9)7-17-12-4-2-3-5-15-14(12)20/h6,12,17-19H,2-5,7-8H2,1H3,(H,15,20). The number of carbonyl (C=O) groups is 1. The Hall–Kier alpha value is -1.66. The Morgan fingerprint density at radius 2 is 2.30 bits per heavy atom. The number of pyridine rings is 1. The number of carbonyl (C=O) groups excluding carboxylic acids is 1. The minimum atomic E-state index is -0.253. The summed E-state index contributed by atoms with van der Waals surface area (Å²) in [5.41, 5.74) is 1.70. The lowest BCUT2D eigenvalue weighted by Gasteiger charge is -2.17. The number of aromatic hydroxyl groups is 1. The summed E-state index contributed by atoms with van der Waals surface area (Å²) in [5, 5.41) is 25.4. The third kappa shape index (κ3) is 3.26. The molecule has 6 heteroatoms. The summed E-state index contributed by atoms with van der Waals surface area (Å²) in [5.74, 6) is 0.0800. The summed E-state index contributed by atoms with van der Waals surface area (Å²) in [7, 11) is 0. The normalized spacial score (nSPS) is 19.5. The van der Waals surface area contributed by atoms with Crippen LogP contribution in [0.25, 0.3) is 0 Å². The molecule has 1 aliphatic heterocycles. The smallest absolute Gasteiger partial charge is 0.237 e. The molecule has 0 bridgehead atoms. The second kappa shape index (κ2) is 6.67. The van der Waals surface area contributed by atoms with E-state index >= 15 is 0 Å². The zero-order valence-electron chi connectivity index (χ0n) is 11.6. The van der Waals surface area contributed by atoms with Crippen molar-refractivity contribution in [3.05, 3.63) is 23.0 Å². The van der Waals surface area contributed by atoms with Crippen molar-refractivity contribution in [2.75, 3.05) is 6.54 Å². The topological polar surface area (TPSA) is 94.5 Å². The van der Waals surface area contributed by atoms with Crippen LogP contribution in [0.5, 0.6) is 5.75 Å². The summed E-state index contributed by atoms with van der Waals surface area (Å²) >= 11 is 0. The molecule has 1 unspecified atom stereocenters. The van der Waals surface area contributed by atoms with E-state index < -0.39 is 0 Å². The first-order valence-corrected chi connectivity index (χ1v) is 6.91. The minimum Gasteiger partial charge on any atom is -0.506 e. The van der Waals surface area contributed by atoms with E-state index in [2.05, 4.69) is 15.6 Å². The number of nitrogens with one attached hydrogen (secondary N) is 2. The Bertz CT molecular complexity index is 491. The first-order chi connectivity index (χ1) is 9.63. The van der Waals surface area contributed by atoms with Gasteiger partial charge in [-0.05, 0) is 26.2 Å². The first-order valence-electron chi connectivity index (χ1n) is 6.91. The van der Waals surface area contributed by atoms with Crippen LogP contribution in [0, 0.1) is 6.92 Å². The Labute approximate surface area is 118 Å². The number of aliphatic hydroxyl groups excluding tert-OH is 1. The number of nitrogens with zero attached hydrogens (tertiary/aromatic N) is 1. The molecule has 0 radical (unpaired) electrons. The fourth-order valence-electron chi connectivity index (χ4n) is 2.38. The lowest BCUT2D eigenvalue weighted by molar-refractivity contribution is -0.122. The SMILES string of the molecule is Cc1ncc(CO)c(CNC2CCCCNC2=O)c1O. The van der Waals surface area contributed by atoms with Crippen molar-refractivity contribution >= 4 is 5.91 Å². The molecule has 0 saturated carbocycles. The van der Waals surface area contributed by atoms with Crippen LogP contribution in [0.15, 0.2) is 6.20 Å². The number of aryl methyl sites for hydroxylation is 1. The van der Waals surface area contributed by atoms with E-state index in [0.717, 1.165) is 25.8 Å². The van der Waals surface area contributed by atoms with Crippen LogP contribution in [0.1, 0.15) is 36.1 Å². The molecule has 2 rings (SSSR count). The molecule has 1 fully saturated rings. The van der Waals surface area contributed by atoms with Crippen LogP contribution in [0.3, 0.4) is 0 Å². The molecule has 1 aliphatic rings. The highest BCUT2D eigenvalue weighted by Crippen LogP contribution is 2.24. The van der Waals surface area contributed by atoms with E-state index in [1.54, 1.807) is 13.1 Å². The number of hydrogen-bond donors (Lipinski definition) is 4. The van der Waals surface area contributed by atoms with Crippen LogP contribution in [-0.2, 0) is 17.9 Å². The molecule has 1 aromatic rings. The van der Waals surface area contributed by atoms with Crippen molar-refractivity contribution < 1.29 is 15.0 Å². The van der Waals surface area contributed by atoms with Gasteiger partial charge in [-0.2, -0.15) is 0 Å². The molecular weight excluding hydrogens is 258 g/mol. The fraction of sp³-hybridized carbons (Fsp3) is 0.571. The average Bonchev–Trinajstić information content (AvgIpc) is 2.65. The minimum absolute atomic E-state index is 0.00156. The van der Waals surface area contributed by atoms with Gasteiger partial charge in [0.15, 0.2) is 0 Å². The summed E-state index contributed by atoms with van der Waals surface area (Å²) in [4.78, 5) is 15.9. The second-order valence-electron chi connectivity index (χ2n) is 5.07. The number of rotatable bonds is 4. The lowest BCUT2D eigenvalue weighted by atomic mass is 10.1. The van der Waals surface area contributed by atoms with Crippen LogP contribution in [-0.4, -0.2) is 33.7 Å². The quantitative estimate of drug-likeness (QED) is 0.638. The molecule has 0 aromatic carbocycles. The highest BCUT2D eigenvalue weighted by atomic mass is 16.3. The van der Waals surface area contributed by atoms with Crippen molar-refractivity contribution in [1.82, 2.24) is 15.6 Å². The Balaban J connectivity index is 2.10. The predicted octanol–water partition coefficient (Wildman–Crippen LogP) is 0.346. The monoisotopic (exact) mass is 279 g/mol. The molecule has 4 N–H and O–H groups in total. The zero-order valence-corrected chi connectivity index (χ0v) is 11.6. The van der Waals surface area contributed by atoms with Crippen LogP contribution in [0.2, 0.25) is 0 Å². The van der Waals surface area contributed by atoms with Crippen molar-refractivity contribution in [3.8, 4) is 5.75 Å². The average molecular weight is 279 g/mol. The second-order valence-corrected chi connectivity index (χ2v) is 5.07. The van der Waals surface area contributed by atoms with E-state index in [4.69, 9.17) is 0 Å². The van der Waals surface area contributed by atoms with Crippen molar-refractivity contribution in [1.29, 1.82) is 0 Å². The Morgan fingerprint density at radius 3 is 3.05 bits per heavy atom. The molecule has 2 heterocycles. The van der Waals surface area contributed by atoms with Gasteiger partial charge in [0.2, 0.25) is 5.91 Å². The lowest BCUT2D eigenvalue weighted by Crippen LogP contribution is -2.42. The number of aliphatic hydroxyl groups is 1. The molecule has 1 atom stereocenters. The zero-order chi connectivity index (χ0) is 14.5. The summed E-state index contributed by atoms with van der Waals surface area (Å²) < 4.78 is 0. The third-order valence-corrected chi connectivity index (χ3v) is 3.66. The highest BCUT2D eigenvalue weighted by molar-refractivity contribution is 5.81. The van der Waals surface area contributed by atoms with Gasteiger partial charge >= 0.3 is 0 Å². The third-order valence-electron chi connectivity index (χ3n) is 3.66. The van der Waals surface area contributed by atoms with E-state index in [1.165, 1.54) is 0 Å².